The predicted molar refractivity (Wildman–Crippen MR) is 93.1 cm³/mol. The van der Waals surface area contributed by atoms with E-state index in [2.05, 4.69) is 17.4 Å². The maximum atomic E-state index is 12.4. The fourth-order valence-electron chi connectivity index (χ4n) is 2.63. The molecule has 0 fully saturated rings. The summed E-state index contributed by atoms with van der Waals surface area (Å²) in [7, 11) is 0. The van der Waals surface area contributed by atoms with E-state index < -0.39 is 12.1 Å². The normalized spacial score (nSPS) is 13.1. The average Bonchev–Trinajstić information content (AvgIpc) is 2.93. The number of nitrogens with zero attached hydrogens (tertiary/aromatic N) is 1. The molecule has 1 aromatic heterocycles. The minimum atomic E-state index is -0.913. The summed E-state index contributed by atoms with van der Waals surface area (Å²) in [6, 6.07) is 9.64. The predicted octanol–water partition coefficient (Wildman–Crippen LogP) is 3.49. The van der Waals surface area contributed by atoms with Gasteiger partial charge in [-0.2, -0.15) is 0 Å². The number of ether oxygens (including phenoxy) is 1. The van der Waals surface area contributed by atoms with Crippen LogP contribution in [0, 0.1) is 13.8 Å². The van der Waals surface area contributed by atoms with Crippen LogP contribution in [-0.2, 0) is 9.53 Å². The second-order valence-electron chi connectivity index (χ2n) is 6.01. The van der Waals surface area contributed by atoms with Crippen molar-refractivity contribution in [2.75, 3.05) is 0 Å². The number of nitrogens with one attached hydrogen (secondary N) is 1. The highest BCUT2D eigenvalue weighted by Crippen LogP contribution is 2.19. The fourth-order valence-corrected chi connectivity index (χ4v) is 2.63. The molecule has 25 heavy (non-hydrogen) atoms. The zero-order valence-corrected chi connectivity index (χ0v) is 15.0. The van der Waals surface area contributed by atoms with Gasteiger partial charge in [0.2, 0.25) is 0 Å². The van der Waals surface area contributed by atoms with Gasteiger partial charge in [0.1, 0.15) is 11.3 Å². The van der Waals surface area contributed by atoms with Crippen molar-refractivity contribution >= 4 is 11.9 Å². The maximum absolute atomic E-state index is 12.4. The van der Waals surface area contributed by atoms with Crippen molar-refractivity contribution in [3.63, 3.8) is 0 Å². The van der Waals surface area contributed by atoms with Gasteiger partial charge >= 0.3 is 5.97 Å². The molecule has 1 amide bonds. The molecule has 1 aromatic carbocycles. The second kappa shape index (κ2) is 8.46. The molecular formula is C19H24N2O4. The van der Waals surface area contributed by atoms with Gasteiger partial charge in [-0.3, -0.25) is 4.79 Å². The molecule has 134 valence electrons. The average molecular weight is 344 g/mol. The molecule has 2 atom stereocenters. The third-order valence-corrected chi connectivity index (χ3v) is 3.99. The van der Waals surface area contributed by atoms with Crippen LogP contribution in [0.25, 0.3) is 0 Å². The van der Waals surface area contributed by atoms with E-state index in [0.717, 1.165) is 18.4 Å². The minimum Gasteiger partial charge on any atom is -0.449 e. The summed E-state index contributed by atoms with van der Waals surface area (Å²) >= 11 is 0. The van der Waals surface area contributed by atoms with Gasteiger partial charge in [0.05, 0.1) is 11.7 Å². The molecule has 0 saturated carbocycles. The molecule has 0 radical (unpaired) electrons. The van der Waals surface area contributed by atoms with E-state index in [0.29, 0.717) is 11.5 Å². The van der Waals surface area contributed by atoms with Crippen LogP contribution in [0.4, 0.5) is 0 Å². The van der Waals surface area contributed by atoms with Gasteiger partial charge in [-0.25, -0.2) is 4.79 Å². The molecule has 6 heteroatoms. The Kier molecular flexibility index (Phi) is 6.33. The molecule has 1 heterocycles. The number of hydrogen-bond acceptors (Lipinski definition) is 5. The Balaban J connectivity index is 2.02. The first-order valence-electron chi connectivity index (χ1n) is 8.43. The van der Waals surface area contributed by atoms with Crippen molar-refractivity contribution in [3.8, 4) is 0 Å². The van der Waals surface area contributed by atoms with Gasteiger partial charge in [-0.1, -0.05) is 48.8 Å². The van der Waals surface area contributed by atoms with E-state index in [1.54, 1.807) is 20.8 Å². The fraction of sp³-hybridized carbons (Fsp3) is 0.421. The Morgan fingerprint density at radius 3 is 2.48 bits per heavy atom. The van der Waals surface area contributed by atoms with Crippen molar-refractivity contribution in [2.45, 2.75) is 52.7 Å². The molecule has 2 unspecified atom stereocenters. The van der Waals surface area contributed by atoms with E-state index in [-0.39, 0.29) is 17.5 Å². The van der Waals surface area contributed by atoms with Crippen LogP contribution in [-0.4, -0.2) is 23.1 Å². The quantitative estimate of drug-likeness (QED) is 0.778. The second-order valence-corrected chi connectivity index (χ2v) is 6.01. The summed E-state index contributed by atoms with van der Waals surface area (Å²) in [6.07, 6.45) is 0.817. The van der Waals surface area contributed by atoms with E-state index >= 15 is 0 Å². The van der Waals surface area contributed by atoms with Gasteiger partial charge in [0.25, 0.3) is 5.91 Å². The lowest BCUT2D eigenvalue weighted by Crippen LogP contribution is -2.38. The van der Waals surface area contributed by atoms with Crippen LogP contribution in [0.3, 0.4) is 0 Å². The molecule has 0 saturated heterocycles. The molecular weight excluding hydrogens is 320 g/mol. The van der Waals surface area contributed by atoms with Gasteiger partial charge in [0, 0.05) is 0 Å². The number of aromatic nitrogens is 1. The Morgan fingerprint density at radius 1 is 1.24 bits per heavy atom. The number of esters is 1. The summed E-state index contributed by atoms with van der Waals surface area (Å²) in [6.45, 7) is 6.90. The Morgan fingerprint density at radius 2 is 1.92 bits per heavy atom. The van der Waals surface area contributed by atoms with Crippen LogP contribution in [0.1, 0.15) is 60.1 Å². The van der Waals surface area contributed by atoms with Gasteiger partial charge in [-0.05, 0) is 32.8 Å². The first-order valence-corrected chi connectivity index (χ1v) is 8.43. The van der Waals surface area contributed by atoms with Crippen molar-refractivity contribution in [2.24, 2.45) is 0 Å². The number of carbonyl (C=O) groups excluding carboxylic acids is 2. The summed E-state index contributed by atoms with van der Waals surface area (Å²) < 4.78 is 10.2. The van der Waals surface area contributed by atoms with E-state index in [1.165, 1.54) is 0 Å². The highest BCUT2D eigenvalue weighted by molar-refractivity contribution is 5.93. The molecule has 2 rings (SSSR count). The smallest absolute Gasteiger partial charge is 0.344 e. The molecule has 0 bridgehead atoms. The van der Waals surface area contributed by atoms with Crippen molar-refractivity contribution < 1.29 is 18.8 Å². The zero-order valence-electron chi connectivity index (χ0n) is 15.0. The van der Waals surface area contributed by atoms with Crippen molar-refractivity contribution in [1.82, 2.24) is 10.5 Å². The summed E-state index contributed by atoms with van der Waals surface area (Å²) in [5, 5.41) is 6.68. The number of amides is 1. The van der Waals surface area contributed by atoms with Crippen LogP contribution < -0.4 is 5.32 Å². The summed E-state index contributed by atoms with van der Waals surface area (Å²) in [5.41, 5.74) is 1.75. The summed E-state index contributed by atoms with van der Waals surface area (Å²) in [5.74, 6) is -0.559. The Hall–Kier alpha value is -2.63. The largest absolute Gasteiger partial charge is 0.449 e. The number of rotatable bonds is 7. The minimum absolute atomic E-state index is 0.112. The van der Waals surface area contributed by atoms with Crippen molar-refractivity contribution in [3.05, 3.63) is 52.9 Å². The van der Waals surface area contributed by atoms with Gasteiger partial charge < -0.3 is 14.6 Å². The van der Waals surface area contributed by atoms with E-state index in [1.807, 2.05) is 30.3 Å². The summed E-state index contributed by atoms with van der Waals surface area (Å²) in [4.78, 5) is 24.7. The number of hydrogen-bond donors (Lipinski definition) is 1. The van der Waals surface area contributed by atoms with Gasteiger partial charge in [-0.15, -0.1) is 0 Å². The van der Waals surface area contributed by atoms with Crippen molar-refractivity contribution in [1.29, 1.82) is 0 Å². The molecule has 0 aliphatic rings. The molecule has 6 nitrogen and oxygen atoms in total. The number of carbonyl (C=O) groups is 2. The van der Waals surface area contributed by atoms with Crippen LogP contribution in [0.15, 0.2) is 34.9 Å². The Labute approximate surface area is 147 Å². The van der Waals surface area contributed by atoms with Crippen LogP contribution in [0.2, 0.25) is 0 Å². The molecule has 2 aromatic rings. The molecule has 0 aliphatic carbocycles. The topological polar surface area (TPSA) is 81.4 Å². The van der Waals surface area contributed by atoms with Gasteiger partial charge in [0.15, 0.2) is 6.10 Å². The lowest BCUT2D eigenvalue weighted by Gasteiger charge is -2.21. The highest BCUT2D eigenvalue weighted by atomic mass is 16.5. The number of aryl methyl sites for hydroxylation is 2. The Bertz CT molecular complexity index is 705. The highest BCUT2D eigenvalue weighted by Gasteiger charge is 2.25. The first kappa shape index (κ1) is 18.7. The third-order valence-electron chi connectivity index (χ3n) is 3.99. The van der Waals surface area contributed by atoms with E-state index in [4.69, 9.17) is 9.26 Å². The first-order chi connectivity index (χ1) is 11.9. The molecule has 0 spiro atoms. The van der Waals surface area contributed by atoms with Crippen LogP contribution >= 0.6 is 0 Å². The third kappa shape index (κ3) is 4.68. The maximum Gasteiger partial charge on any atom is 0.344 e. The number of benzene rings is 1. The van der Waals surface area contributed by atoms with E-state index in [9.17, 15) is 9.59 Å². The monoisotopic (exact) mass is 344 g/mol. The lowest BCUT2D eigenvalue weighted by molar-refractivity contribution is -0.129. The van der Waals surface area contributed by atoms with Crippen LogP contribution in [0.5, 0.6) is 0 Å². The SMILES string of the molecule is CCCC(NC(=O)C(C)OC(=O)c1c(C)noc1C)c1ccccc1. The molecule has 1 N–H and O–H groups in total. The standard InChI is InChI=1S/C19H24N2O4/c1-5-9-16(15-10-7-6-8-11-15)20-18(22)14(4)24-19(23)17-12(2)21-25-13(17)3/h6-8,10-11,14,16H,5,9H2,1-4H3,(H,20,22). The molecule has 0 aliphatic heterocycles. The zero-order chi connectivity index (χ0) is 18.4. The lowest BCUT2D eigenvalue weighted by atomic mass is 10.0.